The summed E-state index contributed by atoms with van der Waals surface area (Å²) < 4.78 is 12.1. The third-order valence-corrected chi connectivity index (χ3v) is 15.2. The van der Waals surface area contributed by atoms with Gasteiger partial charge in [-0.25, -0.2) is 9.97 Å². The van der Waals surface area contributed by atoms with E-state index >= 15 is 0 Å². The van der Waals surface area contributed by atoms with Gasteiger partial charge in [0.05, 0.1) is 0 Å². The van der Waals surface area contributed by atoms with Gasteiger partial charge in [0.2, 0.25) is 11.8 Å². The Bertz CT molecular complexity index is 4190. The lowest BCUT2D eigenvalue weighted by Gasteiger charge is -2.28. The molecular weight excluding hydrogens is 941 g/mol. The molecule has 0 unspecified atom stereocenters. The number of nitrogens with zero attached hydrogens (tertiary/aromatic N) is 4. The van der Waals surface area contributed by atoms with E-state index in [0.29, 0.717) is 11.8 Å². The zero-order valence-corrected chi connectivity index (χ0v) is 42.5. The largest absolute Gasteiger partial charge is 0.436 e. The maximum absolute atomic E-state index is 6.05. The number of hydrogen-bond acceptors (Lipinski definition) is 6. The van der Waals surface area contributed by atoms with Gasteiger partial charge < -0.3 is 18.6 Å². The molecule has 6 nitrogen and oxygen atoms in total. The number of oxazole rings is 2. The highest BCUT2D eigenvalue weighted by Crippen LogP contribution is 2.52. The Hall–Kier alpha value is -10.0. The summed E-state index contributed by atoms with van der Waals surface area (Å²) in [7, 11) is 0. The lowest BCUT2D eigenvalue weighted by molar-refractivity contribution is 0.619. The van der Waals surface area contributed by atoms with Gasteiger partial charge in [0, 0.05) is 50.7 Å². The van der Waals surface area contributed by atoms with Gasteiger partial charge >= 0.3 is 0 Å². The molecule has 0 amide bonds. The molecule has 11 aromatic carbocycles. The van der Waals surface area contributed by atoms with Gasteiger partial charge in [0.15, 0.2) is 11.2 Å². The number of para-hydroxylation sites is 6. The number of benzene rings is 11. The first-order chi connectivity index (χ1) is 37.9. The fourth-order valence-corrected chi connectivity index (χ4v) is 11.1. The summed E-state index contributed by atoms with van der Waals surface area (Å²) in [5, 5.41) is 0. The van der Waals surface area contributed by atoms with Crippen LogP contribution >= 0.6 is 0 Å². The maximum Gasteiger partial charge on any atom is 0.227 e. The minimum Gasteiger partial charge on any atom is -0.436 e. The third-order valence-electron chi connectivity index (χ3n) is 15.2. The third kappa shape index (κ3) is 8.33. The highest BCUT2D eigenvalue weighted by atomic mass is 16.4. The molecule has 77 heavy (non-hydrogen) atoms. The highest BCUT2D eigenvalue weighted by Gasteiger charge is 2.36. The monoisotopic (exact) mass is 990 g/mol. The molecule has 2 aromatic heterocycles. The zero-order chi connectivity index (χ0) is 51.5. The van der Waals surface area contributed by atoms with E-state index in [1.165, 1.54) is 33.4 Å². The average Bonchev–Trinajstić information content (AvgIpc) is 4.30. The van der Waals surface area contributed by atoms with Crippen molar-refractivity contribution in [1.29, 1.82) is 0 Å². The second-order valence-electron chi connectivity index (χ2n) is 20.2. The molecule has 0 atom stereocenters. The first-order valence-electron chi connectivity index (χ1n) is 26.1. The summed E-state index contributed by atoms with van der Waals surface area (Å²) >= 11 is 0. The van der Waals surface area contributed by atoms with Gasteiger partial charge in [-0.3, -0.25) is 0 Å². The maximum atomic E-state index is 6.05. The second kappa shape index (κ2) is 18.7. The molecule has 6 heteroatoms. The first kappa shape index (κ1) is 45.6. The van der Waals surface area contributed by atoms with Crippen LogP contribution in [0.4, 0.5) is 34.1 Å². The first-order valence-corrected chi connectivity index (χ1v) is 26.1. The van der Waals surface area contributed by atoms with Crippen molar-refractivity contribution in [1.82, 2.24) is 9.97 Å². The molecule has 0 radical (unpaired) electrons. The summed E-state index contributed by atoms with van der Waals surface area (Å²) in [6, 6.07) is 94.5. The molecule has 1 aliphatic carbocycles. The van der Waals surface area contributed by atoms with Crippen molar-refractivity contribution in [3.63, 3.8) is 0 Å². The Labute approximate surface area is 447 Å². The van der Waals surface area contributed by atoms with E-state index in [2.05, 4.69) is 247 Å². The van der Waals surface area contributed by atoms with Crippen molar-refractivity contribution >= 4 is 56.3 Å². The minimum absolute atomic E-state index is 0.239. The van der Waals surface area contributed by atoms with Crippen LogP contribution in [0.15, 0.2) is 276 Å². The van der Waals surface area contributed by atoms with Crippen LogP contribution in [0, 0.1) is 0 Å². The standard InChI is InChI=1S/C71H50N4O2/c1-71(2)63-45-54(51-33-40-58(41-34-51)74(55-13-5-3-6-14-55)57-36-29-49(30-37-57)47-21-25-52(26-22-47)69-72-65-17-9-11-19-67(65)76-69)35-43-61(63)62-44-42-60(46-64(62)71)75(56-15-7-4-8-16-56)59-38-31-50(32-39-59)48-23-27-53(28-24-48)70-73-66-18-10-12-20-68(66)77-70/h3-46H,1-2H3. The van der Waals surface area contributed by atoms with E-state index in [1.54, 1.807) is 0 Å². The molecular formula is C71H50N4O2. The van der Waals surface area contributed by atoms with Crippen LogP contribution in [0.1, 0.15) is 25.0 Å². The Morgan fingerprint density at radius 1 is 0.286 bits per heavy atom. The molecule has 0 saturated carbocycles. The number of hydrogen-bond donors (Lipinski definition) is 0. The Morgan fingerprint density at radius 3 is 1.04 bits per heavy atom. The van der Waals surface area contributed by atoms with Gasteiger partial charge in [-0.05, 0) is 183 Å². The van der Waals surface area contributed by atoms with Gasteiger partial charge in [-0.1, -0.05) is 153 Å². The fourth-order valence-electron chi connectivity index (χ4n) is 11.1. The average molecular weight is 991 g/mol. The second-order valence-corrected chi connectivity index (χ2v) is 20.2. The van der Waals surface area contributed by atoms with E-state index in [1.807, 2.05) is 48.5 Å². The summed E-state index contributed by atoms with van der Waals surface area (Å²) in [4.78, 5) is 14.1. The van der Waals surface area contributed by atoms with Crippen molar-refractivity contribution in [3.05, 3.63) is 278 Å². The number of fused-ring (bicyclic) bond motifs is 5. The Morgan fingerprint density at radius 2 is 0.597 bits per heavy atom. The fraction of sp³-hybridized carbons (Fsp3) is 0.0423. The molecule has 0 saturated heterocycles. The van der Waals surface area contributed by atoms with Crippen molar-refractivity contribution in [2.75, 3.05) is 9.80 Å². The van der Waals surface area contributed by atoms with Crippen molar-refractivity contribution in [2.24, 2.45) is 0 Å². The zero-order valence-electron chi connectivity index (χ0n) is 42.5. The van der Waals surface area contributed by atoms with E-state index in [9.17, 15) is 0 Å². The molecule has 0 fully saturated rings. The van der Waals surface area contributed by atoms with Gasteiger partial charge in [-0.15, -0.1) is 0 Å². The van der Waals surface area contributed by atoms with Crippen molar-refractivity contribution in [2.45, 2.75) is 19.3 Å². The van der Waals surface area contributed by atoms with Crippen LogP contribution in [0.2, 0.25) is 0 Å². The van der Waals surface area contributed by atoms with Crippen LogP contribution in [0.3, 0.4) is 0 Å². The summed E-state index contributed by atoms with van der Waals surface area (Å²) in [6.07, 6.45) is 0. The molecule has 0 aliphatic heterocycles. The van der Waals surface area contributed by atoms with E-state index in [0.717, 1.165) is 89.7 Å². The van der Waals surface area contributed by atoms with E-state index in [4.69, 9.17) is 13.8 Å². The normalized spacial score (nSPS) is 12.4. The quantitative estimate of drug-likeness (QED) is 0.129. The lowest BCUT2D eigenvalue weighted by Crippen LogP contribution is -2.16. The minimum atomic E-state index is -0.239. The van der Waals surface area contributed by atoms with Crippen LogP contribution in [-0.2, 0) is 5.41 Å². The molecule has 1 aliphatic rings. The molecule has 0 spiro atoms. The predicted molar refractivity (Wildman–Crippen MR) is 316 cm³/mol. The summed E-state index contributed by atoms with van der Waals surface area (Å²) in [6.45, 7) is 4.73. The molecule has 14 rings (SSSR count). The van der Waals surface area contributed by atoms with Crippen LogP contribution in [-0.4, -0.2) is 9.97 Å². The summed E-state index contributed by atoms with van der Waals surface area (Å²) in [5.41, 5.74) is 23.6. The molecule has 2 heterocycles. The Balaban J connectivity index is 0.717. The molecule has 13 aromatic rings. The van der Waals surface area contributed by atoms with Gasteiger partial charge in [0.25, 0.3) is 0 Å². The van der Waals surface area contributed by atoms with Crippen molar-refractivity contribution in [3.8, 4) is 67.4 Å². The number of rotatable bonds is 11. The van der Waals surface area contributed by atoms with E-state index in [-0.39, 0.29) is 5.41 Å². The predicted octanol–water partition coefficient (Wildman–Crippen LogP) is 19.5. The Kier molecular flexibility index (Phi) is 11.1. The van der Waals surface area contributed by atoms with E-state index < -0.39 is 0 Å². The van der Waals surface area contributed by atoms with Crippen molar-refractivity contribution < 1.29 is 8.83 Å². The van der Waals surface area contributed by atoms with Gasteiger partial charge in [0.1, 0.15) is 11.0 Å². The molecule has 366 valence electrons. The molecule has 0 N–H and O–H groups in total. The van der Waals surface area contributed by atoms with Gasteiger partial charge in [-0.2, -0.15) is 0 Å². The van der Waals surface area contributed by atoms with Crippen LogP contribution in [0.5, 0.6) is 0 Å². The van der Waals surface area contributed by atoms with Crippen LogP contribution < -0.4 is 9.80 Å². The molecule has 0 bridgehead atoms. The smallest absolute Gasteiger partial charge is 0.227 e. The lowest BCUT2D eigenvalue weighted by atomic mass is 9.81. The number of aromatic nitrogens is 2. The highest BCUT2D eigenvalue weighted by molar-refractivity contribution is 5.89. The number of anilines is 6. The van der Waals surface area contributed by atoms with Crippen LogP contribution in [0.25, 0.3) is 89.6 Å². The topological polar surface area (TPSA) is 58.5 Å². The summed E-state index contributed by atoms with van der Waals surface area (Å²) in [5.74, 6) is 1.25. The SMILES string of the molecule is CC1(C)c2cc(-c3ccc(N(c4ccccc4)c4ccc(-c5ccc(-c6nc7ccccc7o6)cc5)cc4)cc3)ccc2-c2ccc(N(c3ccccc3)c3ccc(-c4ccc(-c5nc6ccccc6o5)cc4)cc3)cc21.